The molecule has 0 aliphatic heterocycles. The maximum absolute atomic E-state index is 6.18. The first kappa shape index (κ1) is 13.4. The van der Waals surface area contributed by atoms with Gasteiger partial charge in [0.2, 0.25) is 0 Å². The Bertz CT molecular complexity index is 615. The molecule has 1 aromatic heterocycles. The van der Waals surface area contributed by atoms with Gasteiger partial charge in [0.15, 0.2) is 0 Å². The number of aromatic nitrogens is 2. The van der Waals surface area contributed by atoms with E-state index >= 15 is 0 Å². The summed E-state index contributed by atoms with van der Waals surface area (Å²) in [7, 11) is 0. The second-order valence-electron chi connectivity index (χ2n) is 5.28. The van der Waals surface area contributed by atoms with Crippen molar-refractivity contribution in [3.63, 3.8) is 0 Å². The number of aryl methyl sites for hydroxylation is 1. The lowest BCUT2D eigenvalue weighted by Crippen LogP contribution is -2.21. The summed E-state index contributed by atoms with van der Waals surface area (Å²) < 4.78 is 0. The first-order valence-corrected chi connectivity index (χ1v) is 7.41. The molecule has 3 nitrogen and oxygen atoms in total. The summed E-state index contributed by atoms with van der Waals surface area (Å²) in [5.74, 6) is 1.67. The van der Waals surface area contributed by atoms with Crippen molar-refractivity contribution in [2.75, 3.05) is 5.32 Å². The fourth-order valence-corrected chi connectivity index (χ4v) is 2.87. The SMILES string of the molecule is CCc1nc(Cl)c(C)c(NC2Cc3ccccc3C2)n1. The highest BCUT2D eigenvalue weighted by atomic mass is 35.5. The standard InChI is InChI=1S/C16H18ClN3/c1-3-14-19-15(17)10(2)16(20-14)18-13-8-11-6-4-5-7-12(11)9-13/h4-7,13H,3,8-9H2,1-2H3,(H,18,19,20). The van der Waals surface area contributed by atoms with Crippen LogP contribution in [0.15, 0.2) is 24.3 Å². The predicted octanol–water partition coefficient (Wildman–Crippen LogP) is 3.58. The summed E-state index contributed by atoms with van der Waals surface area (Å²) in [6, 6.07) is 9.00. The van der Waals surface area contributed by atoms with Gasteiger partial charge in [-0.2, -0.15) is 0 Å². The molecule has 1 N–H and O–H groups in total. The van der Waals surface area contributed by atoms with E-state index in [1.807, 2.05) is 13.8 Å². The number of hydrogen-bond donors (Lipinski definition) is 1. The lowest BCUT2D eigenvalue weighted by Gasteiger charge is -2.16. The van der Waals surface area contributed by atoms with E-state index in [0.29, 0.717) is 11.2 Å². The first-order valence-electron chi connectivity index (χ1n) is 7.03. The number of nitrogens with zero attached hydrogens (tertiary/aromatic N) is 2. The molecule has 0 bridgehead atoms. The highest BCUT2D eigenvalue weighted by Crippen LogP contribution is 2.26. The third-order valence-electron chi connectivity index (χ3n) is 3.84. The van der Waals surface area contributed by atoms with Crippen LogP contribution in [-0.4, -0.2) is 16.0 Å². The van der Waals surface area contributed by atoms with Crippen molar-refractivity contribution in [2.24, 2.45) is 0 Å². The third-order valence-corrected chi connectivity index (χ3v) is 4.21. The Hall–Kier alpha value is -1.61. The summed E-state index contributed by atoms with van der Waals surface area (Å²) in [5, 5.41) is 4.09. The molecule has 1 aromatic carbocycles. The zero-order valence-corrected chi connectivity index (χ0v) is 12.5. The summed E-state index contributed by atoms with van der Waals surface area (Å²) in [6.07, 6.45) is 2.87. The average molecular weight is 288 g/mol. The van der Waals surface area contributed by atoms with Crippen molar-refractivity contribution < 1.29 is 0 Å². The van der Waals surface area contributed by atoms with Gasteiger partial charge in [-0.3, -0.25) is 0 Å². The number of hydrogen-bond acceptors (Lipinski definition) is 3. The third kappa shape index (κ3) is 2.50. The maximum atomic E-state index is 6.18. The summed E-state index contributed by atoms with van der Waals surface area (Å²) >= 11 is 6.18. The van der Waals surface area contributed by atoms with Crippen LogP contribution < -0.4 is 5.32 Å². The summed E-state index contributed by atoms with van der Waals surface area (Å²) in [5.41, 5.74) is 3.79. The van der Waals surface area contributed by atoms with Gasteiger partial charge in [0, 0.05) is 18.0 Å². The molecule has 1 aliphatic rings. The molecule has 20 heavy (non-hydrogen) atoms. The Labute approximate surface area is 124 Å². The van der Waals surface area contributed by atoms with E-state index in [1.54, 1.807) is 0 Å². The van der Waals surface area contributed by atoms with Crippen LogP contribution in [0.25, 0.3) is 0 Å². The maximum Gasteiger partial charge on any atom is 0.137 e. The van der Waals surface area contributed by atoms with Crippen LogP contribution in [0.4, 0.5) is 5.82 Å². The van der Waals surface area contributed by atoms with Gasteiger partial charge in [0.1, 0.15) is 16.8 Å². The zero-order chi connectivity index (χ0) is 14.1. The lowest BCUT2D eigenvalue weighted by molar-refractivity contribution is 0.762. The summed E-state index contributed by atoms with van der Waals surface area (Å²) in [4.78, 5) is 8.85. The first-order chi connectivity index (χ1) is 9.67. The second-order valence-corrected chi connectivity index (χ2v) is 5.63. The quantitative estimate of drug-likeness (QED) is 0.877. The van der Waals surface area contributed by atoms with E-state index < -0.39 is 0 Å². The van der Waals surface area contributed by atoms with Crippen molar-refractivity contribution in [2.45, 2.75) is 39.2 Å². The molecular weight excluding hydrogens is 270 g/mol. The van der Waals surface area contributed by atoms with Crippen molar-refractivity contribution in [1.29, 1.82) is 0 Å². The average Bonchev–Trinajstić information content (AvgIpc) is 2.85. The van der Waals surface area contributed by atoms with Crippen LogP contribution in [0.5, 0.6) is 0 Å². The number of anilines is 1. The monoisotopic (exact) mass is 287 g/mol. The molecule has 0 atom stereocenters. The predicted molar refractivity (Wildman–Crippen MR) is 82.4 cm³/mol. The highest BCUT2D eigenvalue weighted by molar-refractivity contribution is 6.30. The molecule has 104 valence electrons. The Morgan fingerprint density at radius 3 is 2.45 bits per heavy atom. The van der Waals surface area contributed by atoms with Gasteiger partial charge < -0.3 is 5.32 Å². The van der Waals surface area contributed by atoms with E-state index in [2.05, 4.69) is 39.6 Å². The van der Waals surface area contributed by atoms with Crippen LogP contribution in [-0.2, 0) is 19.3 Å². The molecule has 0 spiro atoms. The zero-order valence-electron chi connectivity index (χ0n) is 11.8. The van der Waals surface area contributed by atoms with Gasteiger partial charge in [-0.1, -0.05) is 42.8 Å². The topological polar surface area (TPSA) is 37.8 Å². The number of benzene rings is 1. The summed E-state index contributed by atoms with van der Waals surface area (Å²) in [6.45, 7) is 4.00. The Morgan fingerprint density at radius 1 is 1.20 bits per heavy atom. The fourth-order valence-electron chi connectivity index (χ4n) is 2.69. The van der Waals surface area contributed by atoms with E-state index in [4.69, 9.17) is 11.6 Å². The van der Waals surface area contributed by atoms with Gasteiger partial charge in [-0.05, 0) is 30.9 Å². The van der Waals surface area contributed by atoms with Crippen LogP contribution >= 0.6 is 11.6 Å². The van der Waals surface area contributed by atoms with Crippen molar-refractivity contribution in [1.82, 2.24) is 9.97 Å². The lowest BCUT2D eigenvalue weighted by atomic mass is 10.1. The van der Waals surface area contributed by atoms with Gasteiger partial charge in [0.05, 0.1) is 0 Å². The van der Waals surface area contributed by atoms with Gasteiger partial charge in [-0.25, -0.2) is 9.97 Å². The van der Waals surface area contributed by atoms with Gasteiger partial charge in [0.25, 0.3) is 0 Å². The Morgan fingerprint density at radius 2 is 1.85 bits per heavy atom. The van der Waals surface area contributed by atoms with Crippen LogP contribution in [0, 0.1) is 6.92 Å². The van der Waals surface area contributed by atoms with Crippen LogP contribution in [0.1, 0.15) is 29.4 Å². The highest BCUT2D eigenvalue weighted by Gasteiger charge is 2.22. The van der Waals surface area contributed by atoms with E-state index in [0.717, 1.165) is 36.5 Å². The van der Waals surface area contributed by atoms with Crippen molar-refractivity contribution in [3.05, 3.63) is 51.9 Å². The molecular formula is C16H18ClN3. The minimum atomic E-state index is 0.391. The van der Waals surface area contributed by atoms with Crippen molar-refractivity contribution >= 4 is 17.4 Å². The molecule has 1 aliphatic carbocycles. The van der Waals surface area contributed by atoms with Crippen LogP contribution in [0.2, 0.25) is 5.15 Å². The van der Waals surface area contributed by atoms with Crippen LogP contribution in [0.3, 0.4) is 0 Å². The number of nitrogens with one attached hydrogen (secondary N) is 1. The van der Waals surface area contributed by atoms with Gasteiger partial charge >= 0.3 is 0 Å². The van der Waals surface area contributed by atoms with E-state index in [9.17, 15) is 0 Å². The largest absolute Gasteiger partial charge is 0.366 e. The number of halogens is 1. The minimum absolute atomic E-state index is 0.391. The molecule has 2 aromatic rings. The van der Waals surface area contributed by atoms with Crippen molar-refractivity contribution in [3.8, 4) is 0 Å². The van der Waals surface area contributed by atoms with E-state index in [1.165, 1.54) is 11.1 Å². The second kappa shape index (κ2) is 5.41. The molecule has 1 heterocycles. The smallest absolute Gasteiger partial charge is 0.137 e. The molecule has 3 rings (SSSR count). The molecule has 0 saturated carbocycles. The minimum Gasteiger partial charge on any atom is -0.366 e. The fraction of sp³-hybridized carbons (Fsp3) is 0.375. The molecule has 0 unspecified atom stereocenters. The molecule has 0 amide bonds. The molecule has 0 saturated heterocycles. The number of rotatable bonds is 3. The normalized spacial score (nSPS) is 14.3. The van der Waals surface area contributed by atoms with E-state index in [-0.39, 0.29) is 0 Å². The molecule has 4 heteroatoms. The molecule has 0 fully saturated rings. The Kier molecular flexibility index (Phi) is 3.62. The van der Waals surface area contributed by atoms with Gasteiger partial charge in [-0.15, -0.1) is 0 Å². The Balaban J connectivity index is 1.82. The molecule has 0 radical (unpaired) electrons. The number of fused-ring (bicyclic) bond motifs is 1.